The van der Waals surface area contributed by atoms with Gasteiger partial charge in [0.15, 0.2) is 0 Å². The van der Waals surface area contributed by atoms with E-state index in [1.54, 1.807) is 6.92 Å². The number of nitrogens with one attached hydrogen (secondary N) is 2. The minimum Gasteiger partial charge on any atom is -0.307 e. The summed E-state index contributed by atoms with van der Waals surface area (Å²) in [6.07, 6.45) is 0. The Morgan fingerprint density at radius 3 is 2.36 bits per heavy atom. The van der Waals surface area contributed by atoms with Crippen molar-refractivity contribution >= 4 is 20.9 Å². The van der Waals surface area contributed by atoms with Crippen LogP contribution in [0, 0.1) is 0 Å². The summed E-state index contributed by atoms with van der Waals surface area (Å²) in [5.74, 6) is 0. The lowest BCUT2D eigenvalue weighted by Crippen LogP contribution is -2.30. The van der Waals surface area contributed by atoms with Gasteiger partial charge in [0.05, 0.1) is 15.8 Å². The average molecular weight is 359 g/mol. The predicted octanol–water partition coefficient (Wildman–Crippen LogP) is 1.60. The number of benzene rings is 2. The van der Waals surface area contributed by atoms with Crippen LogP contribution in [0.1, 0.15) is 18.5 Å². The smallest absolute Gasteiger partial charge is 0.307 e. The standard InChI is InChI=1S/C17H17N3O4S/c1-11(12-6-4-3-5-7-12)20(2)25(23,24)13-8-9-15-14(10-13)16(21)19-17(22)18-15/h3-11H,1-2H3,(H2,18,19,21,22). The van der Waals surface area contributed by atoms with Crippen molar-refractivity contribution in [3.63, 3.8) is 0 Å². The molecule has 2 N–H and O–H groups in total. The molecule has 8 heteroatoms. The third-order valence-corrected chi connectivity index (χ3v) is 6.14. The van der Waals surface area contributed by atoms with Gasteiger partial charge in [-0.25, -0.2) is 13.2 Å². The summed E-state index contributed by atoms with van der Waals surface area (Å²) in [6.45, 7) is 1.79. The first-order valence-electron chi connectivity index (χ1n) is 7.60. The third kappa shape index (κ3) is 3.13. The highest BCUT2D eigenvalue weighted by Gasteiger charge is 2.26. The van der Waals surface area contributed by atoms with E-state index >= 15 is 0 Å². The maximum atomic E-state index is 12.9. The van der Waals surface area contributed by atoms with E-state index in [9.17, 15) is 18.0 Å². The number of fused-ring (bicyclic) bond motifs is 1. The molecule has 1 unspecified atom stereocenters. The average Bonchev–Trinajstić information content (AvgIpc) is 2.60. The van der Waals surface area contributed by atoms with E-state index in [0.717, 1.165) is 5.56 Å². The molecule has 0 aliphatic heterocycles. The van der Waals surface area contributed by atoms with E-state index in [1.165, 1.54) is 29.6 Å². The zero-order valence-electron chi connectivity index (χ0n) is 13.7. The van der Waals surface area contributed by atoms with Gasteiger partial charge in [-0.3, -0.25) is 9.78 Å². The van der Waals surface area contributed by atoms with Gasteiger partial charge in [0, 0.05) is 13.1 Å². The summed E-state index contributed by atoms with van der Waals surface area (Å²) < 4.78 is 27.1. The number of H-pyrrole nitrogens is 2. The van der Waals surface area contributed by atoms with Crippen LogP contribution in [-0.4, -0.2) is 29.7 Å². The van der Waals surface area contributed by atoms with E-state index in [4.69, 9.17) is 0 Å². The molecule has 0 amide bonds. The number of aromatic amines is 2. The predicted molar refractivity (Wildman–Crippen MR) is 95.0 cm³/mol. The first-order valence-corrected chi connectivity index (χ1v) is 9.04. The van der Waals surface area contributed by atoms with Gasteiger partial charge in [0.25, 0.3) is 5.56 Å². The van der Waals surface area contributed by atoms with Crippen molar-refractivity contribution in [1.29, 1.82) is 0 Å². The van der Waals surface area contributed by atoms with Crippen LogP contribution in [0.2, 0.25) is 0 Å². The lowest BCUT2D eigenvalue weighted by atomic mass is 10.1. The molecule has 7 nitrogen and oxygen atoms in total. The van der Waals surface area contributed by atoms with Gasteiger partial charge in [-0.1, -0.05) is 30.3 Å². The quantitative estimate of drug-likeness (QED) is 0.738. The van der Waals surface area contributed by atoms with Gasteiger partial charge in [-0.15, -0.1) is 0 Å². The molecule has 1 aromatic heterocycles. The summed E-state index contributed by atoms with van der Waals surface area (Å²) >= 11 is 0. The molecule has 3 aromatic rings. The normalized spacial score (nSPS) is 13.2. The maximum Gasteiger partial charge on any atom is 0.326 e. The summed E-state index contributed by atoms with van der Waals surface area (Å²) in [4.78, 5) is 27.8. The number of aromatic nitrogens is 2. The highest BCUT2D eigenvalue weighted by Crippen LogP contribution is 2.26. The summed E-state index contributed by atoms with van der Waals surface area (Å²) in [5.41, 5.74) is -0.125. The monoisotopic (exact) mass is 359 g/mol. The molecule has 0 aliphatic rings. The number of nitrogens with zero attached hydrogens (tertiary/aromatic N) is 1. The summed E-state index contributed by atoms with van der Waals surface area (Å²) in [7, 11) is -2.32. The van der Waals surface area contributed by atoms with Gasteiger partial charge in [-0.2, -0.15) is 4.31 Å². The highest BCUT2D eigenvalue weighted by molar-refractivity contribution is 7.89. The Kier molecular flexibility index (Phi) is 4.32. The largest absolute Gasteiger partial charge is 0.326 e. The van der Waals surface area contributed by atoms with Crippen LogP contribution >= 0.6 is 0 Å². The molecule has 0 fully saturated rings. The Balaban J connectivity index is 2.06. The first-order chi connectivity index (χ1) is 11.8. The van der Waals surface area contributed by atoms with Crippen LogP contribution in [0.4, 0.5) is 0 Å². The fourth-order valence-corrected chi connectivity index (χ4v) is 4.00. The molecule has 0 saturated carbocycles. The van der Waals surface area contributed by atoms with E-state index in [1.807, 2.05) is 30.3 Å². The molecule has 130 valence electrons. The van der Waals surface area contributed by atoms with Gasteiger partial charge < -0.3 is 4.98 Å². The fourth-order valence-electron chi connectivity index (χ4n) is 2.62. The molecule has 0 bridgehead atoms. The second-order valence-corrected chi connectivity index (χ2v) is 7.72. The Labute approximate surface area is 144 Å². The van der Waals surface area contributed by atoms with E-state index in [2.05, 4.69) is 9.97 Å². The van der Waals surface area contributed by atoms with Crippen molar-refractivity contribution in [3.05, 3.63) is 74.9 Å². The third-order valence-electron chi connectivity index (χ3n) is 4.22. The van der Waals surface area contributed by atoms with Crippen molar-refractivity contribution in [2.24, 2.45) is 0 Å². The lowest BCUT2D eigenvalue weighted by molar-refractivity contribution is 0.398. The number of hydrogen-bond acceptors (Lipinski definition) is 4. The topological polar surface area (TPSA) is 103 Å². The van der Waals surface area contributed by atoms with Crippen molar-refractivity contribution in [2.45, 2.75) is 17.9 Å². The van der Waals surface area contributed by atoms with Gasteiger partial charge in [-0.05, 0) is 30.7 Å². The molecule has 1 heterocycles. The van der Waals surface area contributed by atoms with Crippen LogP contribution in [0.15, 0.2) is 63.0 Å². The van der Waals surface area contributed by atoms with Gasteiger partial charge in [0.1, 0.15) is 0 Å². The zero-order valence-corrected chi connectivity index (χ0v) is 14.5. The Bertz CT molecular complexity index is 1130. The second kappa shape index (κ2) is 6.30. The van der Waals surface area contributed by atoms with Crippen LogP contribution in [-0.2, 0) is 10.0 Å². The van der Waals surface area contributed by atoms with E-state index in [-0.39, 0.29) is 21.8 Å². The lowest BCUT2D eigenvalue weighted by Gasteiger charge is -2.24. The molecular formula is C17H17N3O4S. The molecule has 0 radical (unpaired) electrons. The fraction of sp³-hybridized carbons (Fsp3) is 0.176. The maximum absolute atomic E-state index is 12.9. The van der Waals surface area contributed by atoms with Crippen molar-refractivity contribution in [3.8, 4) is 0 Å². The molecule has 25 heavy (non-hydrogen) atoms. The number of hydrogen-bond donors (Lipinski definition) is 2. The Hall–Kier alpha value is -2.71. The Morgan fingerprint density at radius 2 is 1.68 bits per heavy atom. The molecule has 0 spiro atoms. The summed E-state index contributed by atoms with van der Waals surface area (Å²) in [6, 6.07) is 12.9. The van der Waals surface area contributed by atoms with Crippen LogP contribution in [0.5, 0.6) is 0 Å². The molecular weight excluding hydrogens is 342 g/mol. The van der Waals surface area contributed by atoms with Crippen molar-refractivity contribution in [1.82, 2.24) is 14.3 Å². The Morgan fingerprint density at radius 1 is 1.00 bits per heavy atom. The van der Waals surface area contributed by atoms with E-state index in [0.29, 0.717) is 0 Å². The van der Waals surface area contributed by atoms with Crippen molar-refractivity contribution in [2.75, 3.05) is 7.05 Å². The zero-order chi connectivity index (χ0) is 18.2. The summed E-state index contributed by atoms with van der Waals surface area (Å²) in [5, 5.41) is 0.112. The van der Waals surface area contributed by atoms with Crippen LogP contribution in [0.25, 0.3) is 10.9 Å². The second-order valence-electron chi connectivity index (χ2n) is 5.72. The minimum absolute atomic E-state index is 0.0113. The first kappa shape index (κ1) is 17.1. The number of sulfonamides is 1. The van der Waals surface area contributed by atoms with Crippen molar-refractivity contribution < 1.29 is 8.42 Å². The molecule has 2 aromatic carbocycles. The SMILES string of the molecule is CC(c1ccccc1)N(C)S(=O)(=O)c1ccc2[nH]c(=O)[nH]c(=O)c2c1. The molecule has 3 rings (SSSR count). The molecule has 0 saturated heterocycles. The molecule has 1 atom stereocenters. The van der Waals surface area contributed by atoms with Crippen LogP contribution in [0.3, 0.4) is 0 Å². The van der Waals surface area contributed by atoms with Crippen LogP contribution < -0.4 is 11.2 Å². The van der Waals surface area contributed by atoms with E-state index < -0.39 is 21.3 Å². The highest BCUT2D eigenvalue weighted by atomic mass is 32.2. The van der Waals surface area contributed by atoms with Gasteiger partial charge in [0.2, 0.25) is 10.0 Å². The minimum atomic E-state index is -3.82. The molecule has 0 aliphatic carbocycles. The number of rotatable bonds is 4. The van der Waals surface area contributed by atoms with Gasteiger partial charge >= 0.3 is 5.69 Å².